The maximum Gasteiger partial charge on any atom is 0.246 e. The second-order valence-corrected chi connectivity index (χ2v) is 7.94. The topological polar surface area (TPSA) is 92.3 Å². The third-order valence-corrected chi connectivity index (χ3v) is 5.91. The Hall–Kier alpha value is -2.67. The van der Waals surface area contributed by atoms with Gasteiger partial charge in [0.25, 0.3) is 0 Å². The first-order valence-electron chi connectivity index (χ1n) is 8.11. The number of nitrogens with one attached hydrogen (secondary N) is 2. The maximum atomic E-state index is 12.6. The summed E-state index contributed by atoms with van der Waals surface area (Å²) in [5.74, 6) is -1.88. The molecule has 2 aromatic carbocycles. The van der Waals surface area contributed by atoms with Crippen LogP contribution in [0, 0.1) is 13.8 Å². The molecule has 0 aliphatic heterocycles. The SMILES string of the molecule is CNC(=O)C(NC(=O)CS(=O)(=O)c1cccc(C)c1C)c1ccccc1. The molecule has 7 heteroatoms. The standard InChI is InChI=1S/C19H22N2O4S/c1-13-8-7-11-16(14(13)2)26(24,25)12-17(22)21-18(19(23)20-3)15-9-5-4-6-10-15/h4-11,18H,12H2,1-3H3,(H,20,23)(H,21,22). The molecule has 2 amide bonds. The molecule has 26 heavy (non-hydrogen) atoms. The van der Waals surface area contributed by atoms with Gasteiger partial charge in [0.1, 0.15) is 11.8 Å². The first-order chi connectivity index (χ1) is 12.3. The van der Waals surface area contributed by atoms with Crippen molar-refractivity contribution in [3.05, 3.63) is 65.2 Å². The monoisotopic (exact) mass is 374 g/mol. The largest absolute Gasteiger partial charge is 0.357 e. The Morgan fingerprint density at radius 1 is 1.00 bits per heavy atom. The van der Waals surface area contributed by atoms with Crippen molar-refractivity contribution >= 4 is 21.7 Å². The molecule has 0 aliphatic carbocycles. The lowest BCUT2D eigenvalue weighted by molar-refractivity contribution is -0.127. The third kappa shape index (κ3) is 4.49. The van der Waals surface area contributed by atoms with Crippen LogP contribution in [0.25, 0.3) is 0 Å². The second-order valence-electron chi connectivity index (χ2n) is 5.98. The van der Waals surface area contributed by atoms with E-state index in [1.54, 1.807) is 43.3 Å². The summed E-state index contributed by atoms with van der Waals surface area (Å²) >= 11 is 0. The molecule has 0 saturated carbocycles. The average Bonchev–Trinajstić information content (AvgIpc) is 2.61. The number of likely N-dealkylation sites (N-methyl/N-ethyl adjacent to an activating group) is 1. The van der Waals surface area contributed by atoms with Gasteiger partial charge in [-0.3, -0.25) is 9.59 Å². The molecule has 0 fully saturated rings. The van der Waals surface area contributed by atoms with Gasteiger partial charge in [0, 0.05) is 7.05 Å². The molecule has 138 valence electrons. The van der Waals surface area contributed by atoms with Crippen LogP contribution in [0.4, 0.5) is 0 Å². The van der Waals surface area contributed by atoms with E-state index >= 15 is 0 Å². The lowest BCUT2D eigenvalue weighted by Crippen LogP contribution is -2.41. The third-order valence-electron chi connectivity index (χ3n) is 4.16. The van der Waals surface area contributed by atoms with Crippen LogP contribution in [0.3, 0.4) is 0 Å². The Morgan fingerprint density at radius 2 is 1.65 bits per heavy atom. The van der Waals surface area contributed by atoms with Crippen LogP contribution in [0.2, 0.25) is 0 Å². The molecule has 0 heterocycles. The predicted octanol–water partition coefficient (Wildman–Crippen LogP) is 1.68. The van der Waals surface area contributed by atoms with Crippen LogP contribution in [-0.4, -0.2) is 33.0 Å². The Kier molecular flexibility index (Phi) is 6.15. The zero-order chi connectivity index (χ0) is 19.3. The van der Waals surface area contributed by atoms with E-state index in [1.165, 1.54) is 13.1 Å². The highest BCUT2D eigenvalue weighted by molar-refractivity contribution is 7.92. The van der Waals surface area contributed by atoms with E-state index in [2.05, 4.69) is 10.6 Å². The van der Waals surface area contributed by atoms with Crippen LogP contribution >= 0.6 is 0 Å². The molecule has 1 atom stereocenters. The molecule has 6 nitrogen and oxygen atoms in total. The van der Waals surface area contributed by atoms with Gasteiger partial charge < -0.3 is 10.6 Å². The molecule has 2 N–H and O–H groups in total. The van der Waals surface area contributed by atoms with E-state index in [-0.39, 0.29) is 4.90 Å². The number of sulfone groups is 1. The van der Waals surface area contributed by atoms with Crippen LogP contribution in [0.5, 0.6) is 0 Å². The molecule has 1 unspecified atom stereocenters. The van der Waals surface area contributed by atoms with Crippen molar-refractivity contribution in [3.63, 3.8) is 0 Å². The van der Waals surface area contributed by atoms with Crippen molar-refractivity contribution in [2.45, 2.75) is 24.8 Å². The molecule has 0 saturated heterocycles. The van der Waals surface area contributed by atoms with Crippen molar-refractivity contribution < 1.29 is 18.0 Å². The molecule has 0 spiro atoms. The lowest BCUT2D eigenvalue weighted by atomic mass is 10.1. The Morgan fingerprint density at radius 3 is 2.27 bits per heavy atom. The van der Waals surface area contributed by atoms with Crippen molar-refractivity contribution in [1.82, 2.24) is 10.6 Å². The average molecular weight is 374 g/mol. The van der Waals surface area contributed by atoms with Crippen LogP contribution < -0.4 is 10.6 Å². The first-order valence-corrected chi connectivity index (χ1v) is 9.76. The highest BCUT2D eigenvalue weighted by Gasteiger charge is 2.26. The molecular weight excluding hydrogens is 352 g/mol. The zero-order valence-electron chi connectivity index (χ0n) is 14.9. The minimum Gasteiger partial charge on any atom is -0.357 e. The number of aryl methyl sites for hydroxylation is 1. The summed E-state index contributed by atoms with van der Waals surface area (Å²) in [4.78, 5) is 24.6. The zero-order valence-corrected chi connectivity index (χ0v) is 15.8. The maximum absolute atomic E-state index is 12.6. The minimum absolute atomic E-state index is 0.129. The second kappa shape index (κ2) is 8.14. The molecular formula is C19H22N2O4S. The summed E-state index contributed by atoms with van der Waals surface area (Å²) in [6.45, 7) is 3.52. The summed E-state index contributed by atoms with van der Waals surface area (Å²) in [6.07, 6.45) is 0. The number of amides is 2. The van der Waals surface area contributed by atoms with Gasteiger partial charge in [0.15, 0.2) is 9.84 Å². The lowest BCUT2D eigenvalue weighted by Gasteiger charge is -2.18. The van der Waals surface area contributed by atoms with E-state index in [9.17, 15) is 18.0 Å². The molecule has 2 rings (SSSR count). The number of rotatable bonds is 6. The number of carbonyl (C=O) groups excluding carboxylic acids is 2. The van der Waals surface area contributed by atoms with Gasteiger partial charge in [0.2, 0.25) is 11.8 Å². The van der Waals surface area contributed by atoms with Crippen LogP contribution in [-0.2, 0) is 19.4 Å². The summed E-state index contributed by atoms with van der Waals surface area (Å²) in [7, 11) is -2.36. The fourth-order valence-electron chi connectivity index (χ4n) is 2.60. The van der Waals surface area contributed by atoms with Crippen LogP contribution in [0.1, 0.15) is 22.7 Å². The van der Waals surface area contributed by atoms with Gasteiger partial charge in [0.05, 0.1) is 4.90 Å². The van der Waals surface area contributed by atoms with E-state index in [0.717, 1.165) is 5.56 Å². The number of hydrogen-bond donors (Lipinski definition) is 2. The Bertz CT molecular complexity index is 908. The van der Waals surface area contributed by atoms with Gasteiger partial charge in [-0.05, 0) is 36.6 Å². The van der Waals surface area contributed by atoms with Crippen molar-refractivity contribution in [2.75, 3.05) is 12.8 Å². The Balaban J connectivity index is 2.22. The summed E-state index contributed by atoms with van der Waals surface area (Å²) < 4.78 is 25.2. The molecule has 0 aliphatic rings. The molecule has 0 aromatic heterocycles. The fourth-order valence-corrected chi connectivity index (χ4v) is 4.10. The summed E-state index contributed by atoms with van der Waals surface area (Å²) in [5, 5.41) is 4.99. The van der Waals surface area contributed by atoms with Crippen molar-refractivity contribution in [1.29, 1.82) is 0 Å². The van der Waals surface area contributed by atoms with Crippen molar-refractivity contribution in [2.24, 2.45) is 0 Å². The smallest absolute Gasteiger partial charge is 0.246 e. The molecule has 2 aromatic rings. The highest BCUT2D eigenvalue weighted by atomic mass is 32.2. The van der Waals surface area contributed by atoms with Gasteiger partial charge in [-0.15, -0.1) is 0 Å². The summed E-state index contributed by atoms with van der Waals surface area (Å²) in [6, 6.07) is 12.6. The normalized spacial score (nSPS) is 12.3. The van der Waals surface area contributed by atoms with Gasteiger partial charge >= 0.3 is 0 Å². The van der Waals surface area contributed by atoms with Crippen LogP contribution in [0.15, 0.2) is 53.4 Å². The van der Waals surface area contributed by atoms with Gasteiger partial charge in [-0.1, -0.05) is 42.5 Å². The number of hydrogen-bond acceptors (Lipinski definition) is 4. The van der Waals surface area contributed by atoms with E-state index in [0.29, 0.717) is 11.1 Å². The fraction of sp³-hybridized carbons (Fsp3) is 0.263. The van der Waals surface area contributed by atoms with E-state index in [4.69, 9.17) is 0 Å². The highest BCUT2D eigenvalue weighted by Crippen LogP contribution is 2.20. The Labute approximate surface area is 153 Å². The van der Waals surface area contributed by atoms with E-state index < -0.39 is 33.4 Å². The van der Waals surface area contributed by atoms with E-state index in [1.807, 2.05) is 13.0 Å². The van der Waals surface area contributed by atoms with Gasteiger partial charge in [-0.25, -0.2) is 8.42 Å². The quantitative estimate of drug-likeness (QED) is 0.805. The number of carbonyl (C=O) groups is 2. The minimum atomic E-state index is -3.82. The molecule has 0 radical (unpaired) electrons. The van der Waals surface area contributed by atoms with Crippen molar-refractivity contribution in [3.8, 4) is 0 Å². The summed E-state index contributed by atoms with van der Waals surface area (Å²) in [5.41, 5.74) is 2.02. The first kappa shape index (κ1) is 19.7. The molecule has 0 bridgehead atoms. The van der Waals surface area contributed by atoms with Gasteiger partial charge in [-0.2, -0.15) is 0 Å². The predicted molar refractivity (Wildman–Crippen MR) is 99.4 cm³/mol. The number of benzene rings is 2.